The molecule has 10 N–H and O–H groups in total. The van der Waals surface area contributed by atoms with E-state index in [9.17, 15) is 29.4 Å². The Kier molecular flexibility index (Phi) is 10.7. The number of carboxylic acids is 2. The van der Waals surface area contributed by atoms with Crippen molar-refractivity contribution in [2.24, 2.45) is 10.9 Å². The Labute approximate surface area is 275 Å². The maximum Gasteiger partial charge on any atom is 0.352 e. The number of aliphatic carboxylic acids is 2. The van der Waals surface area contributed by atoms with E-state index in [0.29, 0.717) is 36.7 Å². The minimum Gasteiger partial charge on any atom is -0.478 e. The first-order valence-electron chi connectivity index (χ1n) is 13.6. The minimum absolute atomic E-state index is 0.00854. The molecule has 2 amide bonds. The van der Waals surface area contributed by atoms with Gasteiger partial charge in [0.1, 0.15) is 45.6 Å². The number of amides is 2. The first-order valence-corrected chi connectivity index (χ1v) is 15.9. The molecule has 2 aromatic heterocycles. The number of thiazole rings is 1. The zero-order valence-electron chi connectivity index (χ0n) is 24.6. The molecule has 246 valence electrons. The summed E-state index contributed by atoms with van der Waals surface area (Å²) in [5.74, 6) is -3.74. The molecule has 2 aromatic rings. The van der Waals surface area contributed by atoms with Crippen molar-refractivity contribution in [3.05, 3.63) is 46.0 Å². The number of halogens is 1. The van der Waals surface area contributed by atoms with Crippen LogP contribution in [0.15, 0.2) is 41.1 Å². The van der Waals surface area contributed by atoms with Crippen LogP contribution in [0.5, 0.6) is 0 Å². The number of hydrogen-bond donors (Lipinski definition) is 7. The number of allylic oxidation sites excluding steroid dienone is 2. The third-order valence-electron chi connectivity index (χ3n) is 6.66. The number of hydrogen-bond acceptors (Lipinski definition) is 14. The van der Waals surface area contributed by atoms with Crippen LogP contribution in [0.25, 0.3) is 0 Å². The zero-order chi connectivity index (χ0) is 33.8. The summed E-state index contributed by atoms with van der Waals surface area (Å²) >= 11 is 8.28. The number of nitrogen functional groups attached to an aromatic ring is 2. The smallest absolute Gasteiger partial charge is 0.352 e. The molecule has 1 saturated heterocycles. The van der Waals surface area contributed by atoms with Crippen molar-refractivity contribution in [1.82, 2.24) is 20.2 Å². The number of rotatable bonds is 14. The highest BCUT2D eigenvalue weighted by Crippen LogP contribution is 2.40. The SMILES string of the molecule is CC(C)(O/N=C(\C(=O)N[C@@H]1C(=O)N2C(C(=O)O)=C(/C=C/C[n+]3cnc(N)c(NCCCN)c3)CS[C@H]12)c1nc(N)sc1Cl)C(=O)O. The van der Waals surface area contributed by atoms with E-state index < -0.39 is 46.5 Å². The number of nitrogens with one attached hydrogen (secondary N) is 2. The van der Waals surface area contributed by atoms with Crippen LogP contribution in [-0.4, -0.2) is 90.4 Å². The van der Waals surface area contributed by atoms with E-state index in [1.54, 1.807) is 22.9 Å². The third-order valence-corrected chi connectivity index (χ3v) is 9.04. The van der Waals surface area contributed by atoms with Crippen LogP contribution >= 0.6 is 34.7 Å². The predicted molar refractivity (Wildman–Crippen MR) is 171 cm³/mol. The van der Waals surface area contributed by atoms with Gasteiger partial charge in [-0.3, -0.25) is 14.5 Å². The number of carbonyl (C=O) groups excluding carboxylic acids is 2. The molecule has 0 spiro atoms. The molecule has 0 unspecified atom stereocenters. The number of carboxylic acid groups (broad SMARTS) is 2. The standard InChI is InChI=1S/C26H31ClN10O7S2/c1-26(2,24(42)43)44-35-15(14-18(27)46-25(30)34-14)20(38)33-16-21(39)37-17(23(40)41)12(10-45-22(16)37)5-3-8-36-9-13(19(29)32-11-36)31-7-4-6-28/h3,5,9,11,16,22,29,31H,4,6-8,10,28H2,1-2H3,(H5,30,33,34,38,40,41,42,43)/p+1/b5-3+,35-15-/t16-,22-/m1/s1. The summed E-state index contributed by atoms with van der Waals surface area (Å²) in [6.45, 7) is 3.92. The highest BCUT2D eigenvalue weighted by atomic mass is 35.5. The Morgan fingerprint density at radius 1 is 1.33 bits per heavy atom. The lowest BCUT2D eigenvalue weighted by Gasteiger charge is -2.49. The number of anilines is 3. The molecule has 20 heteroatoms. The Morgan fingerprint density at radius 3 is 2.70 bits per heavy atom. The van der Waals surface area contributed by atoms with E-state index in [-0.39, 0.29) is 26.6 Å². The lowest BCUT2D eigenvalue weighted by atomic mass is 10.0. The van der Waals surface area contributed by atoms with Crippen LogP contribution in [0.1, 0.15) is 26.0 Å². The Bertz CT molecular complexity index is 1640. The normalized spacial score (nSPS) is 18.3. The number of oxime groups is 1. The van der Waals surface area contributed by atoms with E-state index in [0.717, 1.165) is 22.7 Å². The largest absolute Gasteiger partial charge is 0.478 e. The highest BCUT2D eigenvalue weighted by molar-refractivity contribution is 8.00. The topological polar surface area (TPSA) is 265 Å². The van der Waals surface area contributed by atoms with Crippen LogP contribution in [0.4, 0.5) is 16.6 Å². The fourth-order valence-corrected chi connectivity index (χ4v) is 6.43. The fraction of sp³-hybridized carbons (Fsp3) is 0.385. The van der Waals surface area contributed by atoms with E-state index in [1.807, 2.05) is 0 Å². The van der Waals surface area contributed by atoms with Crippen molar-refractivity contribution < 1.29 is 38.8 Å². The molecule has 0 bridgehead atoms. The first kappa shape index (κ1) is 34.4. The predicted octanol–water partition coefficient (Wildman–Crippen LogP) is -0.0170. The monoisotopic (exact) mass is 695 g/mol. The molecule has 2 atom stereocenters. The fourth-order valence-electron chi connectivity index (χ4n) is 4.18. The lowest BCUT2D eigenvalue weighted by molar-refractivity contribution is -0.689. The average molecular weight is 696 g/mol. The van der Waals surface area contributed by atoms with Gasteiger partial charge in [-0.05, 0) is 43.4 Å². The molecule has 4 rings (SSSR count). The van der Waals surface area contributed by atoms with Crippen molar-refractivity contribution in [2.75, 3.05) is 35.6 Å². The Morgan fingerprint density at radius 2 is 2.07 bits per heavy atom. The van der Waals surface area contributed by atoms with Gasteiger partial charge in [0.25, 0.3) is 24.0 Å². The molecule has 0 aliphatic carbocycles. The van der Waals surface area contributed by atoms with Gasteiger partial charge in [-0.2, -0.15) is 0 Å². The number of fused-ring (bicyclic) bond motifs is 1. The van der Waals surface area contributed by atoms with Gasteiger partial charge in [0.2, 0.25) is 5.60 Å². The van der Waals surface area contributed by atoms with Crippen molar-refractivity contribution in [2.45, 2.75) is 43.8 Å². The number of carbonyl (C=O) groups is 4. The highest BCUT2D eigenvalue weighted by Gasteiger charge is 2.54. The summed E-state index contributed by atoms with van der Waals surface area (Å²) < 4.78 is 1.73. The molecule has 1 fully saturated rings. The van der Waals surface area contributed by atoms with Gasteiger partial charge in [-0.25, -0.2) is 19.1 Å². The van der Waals surface area contributed by atoms with Crippen molar-refractivity contribution >= 4 is 80.8 Å². The molecule has 0 radical (unpaired) electrons. The number of aromatic nitrogens is 3. The molecule has 46 heavy (non-hydrogen) atoms. The Hall–Kier alpha value is -4.46. The van der Waals surface area contributed by atoms with Crippen LogP contribution in [0.3, 0.4) is 0 Å². The van der Waals surface area contributed by atoms with Gasteiger partial charge in [-0.1, -0.05) is 34.2 Å². The lowest BCUT2D eigenvalue weighted by Crippen LogP contribution is -2.71. The second-order valence-corrected chi connectivity index (χ2v) is 13.1. The third kappa shape index (κ3) is 7.49. The summed E-state index contributed by atoms with van der Waals surface area (Å²) in [6, 6.07) is -1.13. The summed E-state index contributed by atoms with van der Waals surface area (Å²) in [5, 5.41) is 28.0. The molecule has 0 aromatic carbocycles. The average Bonchev–Trinajstić information content (AvgIpc) is 3.33. The van der Waals surface area contributed by atoms with Gasteiger partial charge >= 0.3 is 11.9 Å². The summed E-state index contributed by atoms with van der Waals surface area (Å²) in [6.07, 6.45) is 7.41. The number of nitrogens with two attached hydrogens (primary N) is 3. The van der Waals surface area contributed by atoms with Gasteiger partial charge in [-0.15, -0.1) is 11.8 Å². The van der Waals surface area contributed by atoms with E-state index in [4.69, 9.17) is 33.6 Å². The van der Waals surface area contributed by atoms with Crippen LogP contribution in [-0.2, 0) is 30.6 Å². The van der Waals surface area contributed by atoms with Crippen LogP contribution < -0.4 is 32.4 Å². The molecule has 2 aliphatic rings. The molecular weight excluding hydrogens is 664 g/mol. The summed E-state index contributed by atoms with van der Waals surface area (Å²) in [4.78, 5) is 64.7. The maximum absolute atomic E-state index is 13.3. The molecule has 4 heterocycles. The number of thioether (sulfide) groups is 1. The van der Waals surface area contributed by atoms with E-state index in [1.165, 1.54) is 31.9 Å². The number of nitrogens with zero attached hydrogens (tertiary/aromatic N) is 5. The molecule has 2 aliphatic heterocycles. The molecule has 0 saturated carbocycles. The van der Waals surface area contributed by atoms with Crippen molar-refractivity contribution in [3.63, 3.8) is 0 Å². The summed E-state index contributed by atoms with van der Waals surface area (Å²) in [7, 11) is 0. The second-order valence-electron chi connectivity index (χ2n) is 10.4. The maximum atomic E-state index is 13.3. The van der Waals surface area contributed by atoms with Crippen molar-refractivity contribution in [3.8, 4) is 0 Å². The van der Waals surface area contributed by atoms with E-state index >= 15 is 0 Å². The van der Waals surface area contributed by atoms with Gasteiger partial charge in [0, 0.05) is 12.3 Å². The van der Waals surface area contributed by atoms with Gasteiger partial charge in [0.15, 0.2) is 10.8 Å². The minimum atomic E-state index is -1.82. The van der Waals surface area contributed by atoms with E-state index in [2.05, 4.69) is 25.8 Å². The van der Waals surface area contributed by atoms with Gasteiger partial charge < -0.3 is 42.9 Å². The Balaban J connectivity index is 1.50. The second kappa shape index (κ2) is 14.3. The van der Waals surface area contributed by atoms with Gasteiger partial charge in [0.05, 0.1) is 0 Å². The first-order chi connectivity index (χ1) is 21.7. The molecular formula is C26H32ClN10O7S2+. The van der Waals surface area contributed by atoms with Crippen LogP contribution in [0.2, 0.25) is 4.34 Å². The van der Waals surface area contributed by atoms with Crippen molar-refractivity contribution in [1.29, 1.82) is 0 Å². The molecule has 17 nitrogen and oxygen atoms in total. The number of β-lactam (4-membered cyclic amide) rings is 1. The zero-order valence-corrected chi connectivity index (χ0v) is 27.0. The summed E-state index contributed by atoms with van der Waals surface area (Å²) in [5.41, 5.74) is 15.5. The quantitative estimate of drug-likeness (QED) is 0.0450. The van der Waals surface area contributed by atoms with Crippen LogP contribution in [0, 0.1) is 0 Å².